The lowest BCUT2D eigenvalue weighted by atomic mass is 9.95. The minimum atomic E-state index is -0.371. The maximum absolute atomic E-state index is 13.1. The van der Waals surface area contributed by atoms with Gasteiger partial charge in [0.15, 0.2) is 5.13 Å². The number of amides is 2. The van der Waals surface area contributed by atoms with Gasteiger partial charge in [-0.1, -0.05) is 23.7 Å². The van der Waals surface area contributed by atoms with Gasteiger partial charge in [-0.3, -0.25) is 9.59 Å². The number of aromatic nitrogens is 1. The minimum absolute atomic E-state index is 0.0717. The lowest BCUT2D eigenvalue weighted by Gasteiger charge is -2.31. The van der Waals surface area contributed by atoms with Gasteiger partial charge < -0.3 is 10.2 Å². The summed E-state index contributed by atoms with van der Waals surface area (Å²) in [5.74, 6) is -0.746. The molecular formula is C23H21ClFN3O2S. The summed E-state index contributed by atoms with van der Waals surface area (Å²) in [6, 6.07) is 13.2. The van der Waals surface area contributed by atoms with Crippen molar-refractivity contribution >= 4 is 39.9 Å². The van der Waals surface area contributed by atoms with Crippen molar-refractivity contribution in [3.63, 3.8) is 0 Å². The first-order valence-corrected chi connectivity index (χ1v) is 11.2. The largest absolute Gasteiger partial charge is 0.339 e. The fraction of sp³-hybridized carbons (Fsp3) is 0.261. The molecule has 4 rings (SSSR count). The van der Waals surface area contributed by atoms with Gasteiger partial charge in [0.05, 0.1) is 0 Å². The van der Waals surface area contributed by atoms with Crippen molar-refractivity contribution in [2.75, 3.05) is 18.4 Å². The zero-order valence-electron chi connectivity index (χ0n) is 16.7. The van der Waals surface area contributed by atoms with Crippen LogP contribution in [0.2, 0.25) is 5.02 Å². The zero-order chi connectivity index (χ0) is 21.8. The molecule has 31 heavy (non-hydrogen) atoms. The lowest BCUT2D eigenvalue weighted by molar-refractivity contribution is -0.121. The fourth-order valence-electron chi connectivity index (χ4n) is 3.62. The van der Waals surface area contributed by atoms with Crippen LogP contribution in [-0.2, 0) is 11.2 Å². The Labute approximate surface area is 188 Å². The highest BCUT2D eigenvalue weighted by molar-refractivity contribution is 7.15. The number of halogens is 2. The van der Waals surface area contributed by atoms with E-state index in [4.69, 9.17) is 11.6 Å². The standard InChI is InChI=1S/C23H21ClFN3O2S/c24-18-3-1-2-15(12-18)13-20-14-26-23(31-20)27-21(29)16-8-10-28(11-9-16)22(30)17-4-6-19(25)7-5-17/h1-7,12,14,16H,8-11,13H2,(H,26,27,29). The Balaban J connectivity index is 1.29. The number of hydrogen-bond donors (Lipinski definition) is 1. The molecule has 0 spiro atoms. The van der Waals surface area contributed by atoms with Crippen LogP contribution < -0.4 is 5.32 Å². The minimum Gasteiger partial charge on any atom is -0.339 e. The van der Waals surface area contributed by atoms with Gasteiger partial charge in [0.2, 0.25) is 5.91 Å². The molecular weight excluding hydrogens is 437 g/mol. The molecule has 1 N–H and O–H groups in total. The van der Waals surface area contributed by atoms with Gasteiger partial charge in [-0.2, -0.15) is 0 Å². The molecule has 0 saturated carbocycles. The second-order valence-electron chi connectivity index (χ2n) is 7.50. The van der Waals surface area contributed by atoms with Crippen LogP contribution in [0.3, 0.4) is 0 Å². The molecule has 8 heteroatoms. The van der Waals surface area contributed by atoms with Crippen LogP contribution in [0.25, 0.3) is 0 Å². The van der Waals surface area contributed by atoms with E-state index in [1.807, 2.05) is 24.3 Å². The Bertz CT molecular complexity index is 1080. The number of carbonyl (C=O) groups is 2. The number of thiazole rings is 1. The third kappa shape index (κ3) is 5.48. The number of rotatable bonds is 5. The van der Waals surface area contributed by atoms with Crippen LogP contribution in [-0.4, -0.2) is 34.8 Å². The Kier molecular flexibility index (Phi) is 6.63. The molecule has 3 aromatic rings. The highest BCUT2D eigenvalue weighted by Gasteiger charge is 2.28. The SMILES string of the molecule is O=C(Nc1ncc(Cc2cccc(Cl)c2)s1)C1CCN(C(=O)c2ccc(F)cc2)CC1. The van der Waals surface area contributed by atoms with Crippen molar-refractivity contribution in [3.8, 4) is 0 Å². The molecule has 1 aromatic heterocycles. The number of piperidine rings is 1. The average Bonchev–Trinajstić information content (AvgIpc) is 3.20. The monoisotopic (exact) mass is 457 g/mol. The summed E-state index contributed by atoms with van der Waals surface area (Å²) in [4.78, 5) is 32.3. The van der Waals surface area contributed by atoms with E-state index >= 15 is 0 Å². The third-order valence-corrected chi connectivity index (χ3v) is 6.44. The number of likely N-dealkylation sites (tertiary alicyclic amines) is 1. The van der Waals surface area contributed by atoms with E-state index in [1.165, 1.54) is 35.6 Å². The maximum Gasteiger partial charge on any atom is 0.253 e. The second-order valence-corrected chi connectivity index (χ2v) is 9.05. The molecule has 0 radical (unpaired) electrons. The van der Waals surface area contributed by atoms with Crippen molar-refractivity contribution in [2.24, 2.45) is 5.92 Å². The van der Waals surface area contributed by atoms with Gasteiger partial charge in [0.25, 0.3) is 5.91 Å². The van der Waals surface area contributed by atoms with Gasteiger partial charge in [-0.15, -0.1) is 11.3 Å². The van der Waals surface area contributed by atoms with Crippen molar-refractivity contribution in [1.29, 1.82) is 0 Å². The lowest BCUT2D eigenvalue weighted by Crippen LogP contribution is -2.41. The van der Waals surface area contributed by atoms with Gasteiger partial charge in [-0.25, -0.2) is 9.37 Å². The smallest absolute Gasteiger partial charge is 0.253 e. The Morgan fingerprint density at radius 2 is 1.90 bits per heavy atom. The summed E-state index contributed by atoms with van der Waals surface area (Å²) in [6.07, 6.45) is 3.64. The summed E-state index contributed by atoms with van der Waals surface area (Å²) in [6.45, 7) is 0.984. The fourth-order valence-corrected chi connectivity index (χ4v) is 4.68. The molecule has 2 aromatic carbocycles. The summed E-state index contributed by atoms with van der Waals surface area (Å²) in [5, 5.41) is 4.18. The first-order valence-electron chi connectivity index (χ1n) is 10.0. The van der Waals surface area contributed by atoms with E-state index in [9.17, 15) is 14.0 Å². The highest BCUT2D eigenvalue weighted by Crippen LogP contribution is 2.25. The van der Waals surface area contributed by atoms with Crippen LogP contribution in [0.1, 0.15) is 33.6 Å². The number of benzene rings is 2. The Hall–Kier alpha value is -2.77. The normalized spacial score (nSPS) is 14.5. The molecule has 0 unspecified atom stereocenters. The molecule has 0 bridgehead atoms. The number of nitrogens with one attached hydrogen (secondary N) is 1. The van der Waals surface area contributed by atoms with Crippen LogP contribution in [0.15, 0.2) is 54.7 Å². The van der Waals surface area contributed by atoms with Crippen LogP contribution in [0.4, 0.5) is 9.52 Å². The quantitative estimate of drug-likeness (QED) is 0.585. The third-order valence-electron chi connectivity index (χ3n) is 5.30. The molecule has 2 amide bonds. The molecule has 1 aliphatic rings. The average molecular weight is 458 g/mol. The van der Waals surface area contributed by atoms with Gasteiger partial charge in [-0.05, 0) is 54.8 Å². The van der Waals surface area contributed by atoms with Gasteiger partial charge in [0.1, 0.15) is 5.82 Å². The van der Waals surface area contributed by atoms with Crippen molar-refractivity contribution in [2.45, 2.75) is 19.3 Å². The highest BCUT2D eigenvalue weighted by atomic mass is 35.5. The van der Waals surface area contributed by atoms with E-state index in [1.54, 1.807) is 11.1 Å². The van der Waals surface area contributed by atoms with E-state index in [2.05, 4.69) is 10.3 Å². The van der Waals surface area contributed by atoms with Crippen molar-refractivity contribution in [3.05, 3.63) is 81.6 Å². The molecule has 0 atom stereocenters. The molecule has 1 saturated heterocycles. The van der Waals surface area contributed by atoms with E-state index in [-0.39, 0.29) is 23.5 Å². The summed E-state index contributed by atoms with van der Waals surface area (Å²) < 4.78 is 13.1. The molecule has 0 aliphatic carbocycles. The van der Waals surface area contributed by atoms with E-state index < -0.39 is 0 Å². The van der Waals surface area contributed by atoms with Crippen LogP contribution >= 0.6 is 22.9 Å². The summed E-state index contributed by atoms with van der Waals surface area (Å²) in [5.41, 5.74) is 1.55. The Morgan fingerprint density at radius 1 is 1.16 bits per heavy atom. The second kappa shape index (κ2) is 9.58. The van der Waals surface area contributed by atoms with Gasteiger partial charge >= 0.3 is 0 Å². The predicted molar refractivity (Wildman–Crippen MR) is 120 cm³/mol. The zero-order valence-corrected chi connectivity index (χ0v) is 18.3. The van der Waals surface area contributed by atoms with E-state index in [0.717, 1.165) is 10.4 Å². The molecule has 160 valence electrons. The van der Waals surface area contributed by atoms with Crippen LogP contribution in [0.5, 0.6) is 0 Å². The molecule has 5 nitrogen and oxygen atoms in total. The molecule has 2 heterocycles. The summed E-state index contributed by atoms with van der Waals surface area (Å²) >= 11 is 7.48. The maximum atomic E-state index is 13.1. The first-order chi connectivity index (χ1) is 15.0. The van der Waals surface area contributed by atoms with Crippen LogP contribution in [0, 0.1) is 11.7 Å². The number of carbonyl (C=O) groups excluding carboxylic acids is 2. The summed E-state index contributed by atoms with van der Waals surface area (Å²) in [7, 11) is 0. The van der Waals surface area contributed by atoms with Crippen molar-refractivity contribution < 1.29 is 14.0 Å². The van der Waals surface area contributed by atoms with Gasteiger partial charge in [0, 0.05) is 47.1 Å². The number of hydrogen-bond acceptors (Lipinski definition) is 4. The Morgan fingerprint density at radius 3 is 2.61 bits per heavy atom. The predicted octanol–water partition coefficient (Wildman–Crippen LogP) is 5.02. The first kappa shape index (κ1) is 21.5. The number of anilines is 1. The topological polar surface area (TPSA) is 62.3 Å². The molecule has 1 fully saturated rings. The van der Waals surface area contributed by atoms with Crippen molar-refractivity contribution in [1.82, 2.24) is 9.88 Å². The van der Waals surface area contributed by atoms with E-state index in [0.29, 0.717) is 48.1 Å². The molecule has 1 aliphatic heterocycles. The number of nitrogens with zero attached hydrogens (tertiary/aromatic N) is 2.